The van der Waals surface area contributed by atoms with Gasteiger partial charge in [-0.05, 0) is 25.3 Å². The van der Waals surface area contributed by atoms with E-state index in [1.807, 2.05) is 13.8 Å². The molecule has 1 aliphatic rings. The van der Waals surface area contributed by atoms with Crippen molar-refractivity contribution in [3.63, 3.8) is 0 Å². The summed E-state index contributed by atoms with van der Waals surface area (Å²) in [5.74, 6) is -0.248. The molecule has 0 saturated heterocycles. The van der Waals surface area contributed by atoms with Crippen LogP contribution in [-0.4, -0.2) is 40.0 Å². The molecule has 0 unspecified atom stereocenters. The first-order valence-corrected chi connectivity index (χ1v) is 8.75. The molecule has 7 nitrogen and oxygen atoms in total. The first-order valence-electron chi connectivity index (χ1n) is 7.13. The smallest absolute Gasteiger partial charge is 0.352 e. The van der Waals surface area contributed by atoms with Crippen molar-refractivity contribution >= 4 is 13.5 Å². The molecule has 0 spiro atoms. The predicted octanol–water partition coefficient (Wildman–Crippen LogP) is 0.858. The highest BCUT2D eigenvalue weighted by atomic mass is 31.2. The van der Waals surface area contributed by atoms with Crippen LogP contribution in [0.1, 0.15) is 40.0 Å². The molecule has 21 heavy (non-hydrogen) atoms. The minimum Gasteiger partial charge on any atom is -0.369 e. The summed E-state index contributed by atoms with van der Waals surface area (Å²) in [4.78, 5) is 30.0. The van der Waals surface area contributed by atoms with E-state index in [0.717, 1.165) is 12.8 Å². The average Bonchev–Trinajstić information content (AvgIpc) is 2.37. The summed E-state index contributed by atoms with van der Waals surface area (Å²) in [6, 6.07) is -1.08. The number of nitrogens with two attached hydrogens (primary N) is 1. The maximum atomic E-state index is 11.5. The van der Waals surface area contributed by atoms with Crippen LogP contribution in [0.4, 0.5) is 0 Å². The van der Waals surface area contributed by atoms with E-state index in [9.17, 15) is 19.1 Å². The van der Waals surface area contributed by atoms with Gasteiger partial charge in [0.1, 0.15) is 0 Å². The minimum absolute atomic E-state index is 0.0208. The van der Waals surface area contributed by atoms with Crippen LogP contribution in [0.15, 0.2) is 11.4 Å². The molecule has 0 radical (unpaired) electrons. The predicted molar refractivity (Wildman–Crippen MR) is 79.6 cm³/mol. The molecule has 5 N–H and O–H groups in total. The maximum Gasteiger partial charge on any atom is 0.352 e. The van der Waals surface area contributed by atoms with Crippen LogP contribution in [0, 0.1) is 0 Å². The van der Waals surface area contributed by atoms with E-state index < -0.39 is 25.8 Å². The fourth-order valence-electron chi connectivity index (χ4n) is 2.44. The summed E-state index contributed by atoms with van der Waals surface area (Å²) in [6.07, 6.45) is 2.32. The molecule has 0 heterocycles. The zero-order chi connectivity index (χ0) is 16.2. The highest BCUT2D eigenvalue weighted by Crippen LogP contribution is 2.49. The third kappa shape index (κ3) is 5.20. The van der Waals surface area contributed by atoms with Gasteiger partial charge >= 0.3 is 7.60 Å². The van der Waals surface area contributed by atoms with E-state index in [2.05, 4.69) is 5.32 Å². The van der Waals surface area contributed by atoms with Gasteiger partial charge in [0.15, 0.2) is 0 Å². The van der Waals surface area contributed by atoms with Crippen LogP contribution < -0.4 is 11.1 Å². The van der Waals surface area contributed by atoms with Crippen molar-refractivity contribution in [2.24, 2.45) is 5.73 Å². The number of carbonyl (C=O) groups is 1. The molecule has 0 aromatic rings. The van der Waals surface area contributed by atoms with Crippen molar-refractivity contribution in [1.29, 1.82) is 0 Å². The first-order chi connectivity index (χ1) is 9.68. The number of ether oxygens (including phenoxy) is 1. The van der Waals surface area contributed by atoms with Gasteiger partial charge in [0.2, 0.25) is 5.91 Å². The number of carbonyl (C=O) groups excluding carboxylic acids is 1. The Balaban J connectivity index is 3.05. The summed E-state index contributed by atoms with van der Waals surface area (Å²) < 4.78 is 17.3. The Hall–Kier alpha value is -0.720. The summed E-state index contributed by atoms with van der Waals surface area (Å²) in [7, 11) is -4.35. The molecule has 1 amide bonds. The van der Waals surface area contributed by atoms with Crippen LogP contribution in [0.3, 0.4) is 0 Å². The largest absolute Gasteiger partial charge is 0.369 e. The van der Waals surface area contributed by atoms with E-state index in [0.29, 0.717) is 0 Å². The lowest BCUT2D eigenvalue weighted by Gasteiger charge is -2.37. The first kappa shape index (κ1) is 18.3. The van der Waals surface area contributed by atoms with E-state index in [4.69, 9.17) is 10.5 Å². The van der Waals surface area contributed by atoms with Crippen LogP contribution >= 0.6 is 7.60 Å². The van der Waals surface area contributed by atoms with Crippen LogP contribution in [0.25, 0.3) is 0 Å². The fraction of sp³-hybridized carbons (Fsp3) is 0.769. The normalized spacial score (nSPS) is 26.6. The Morgan fingerprint density at radius 1 is 1.52 bits per heavy atom. The Morgan fingerprint density at radius 3 is 2.52 bits per heavy atom. The quantitative estimate of drug-likeness (QED) is 0.538. The molecule has 0 bridgehead atoms. The molecule has 122 valence electrons. The molecule has 0 aromatic heterocycles. The van der Waals surface area contributed by atoms with Crippen molar-refractivity contribution in [2.45, 2.75) is 64.3 Å². The SMILES string of the molecule is CCC(CC)O[C@@H]1C=C(P(=O)(O)O)C[C@@H](N)[C@H]1NC(C)=O. The second-order valence-electron chi connectivity index (χ2n) is 5.34. The van der Waals surface area contributed by atoms with Crippen LogP contribution in [-0.2, 0) is 14.1 Å². The molecule has 1 rings (SSSR count). The number of rotatable bonds is 6. The van der Waals surface area contributed by atoms with Crippen LogP contribution in [0.5, 0.6) is 0 Å². The molecular formula is C13H25N2O5P. The summed E-state index contributed by atoms with van der Waals surface area (Å²) in [5.41, 5.74) is 5.98. The van der Waals surface area contributed by atoms with Crippen molar-refractivity contribution in [3.05, 3.63) is 11.4 Å². The zero-order valence-corrected chi connectivity index (χ0v) is 13.5. The van der Waals surface area contributed by atoms with Gasteiger partial charge in [-0.2, -0.15) is 0 Å². The number of hydrogen-bond donors (Lipinski definition) is 4. The second kappa shape index (κ2) is 7.51. The summed E-state index contributed by atoms with van der Waals surface area (Å²) >= 11 is 0. The highest BCUT2D eigenvalue weighted by Gasteiger charge is 2.38. The van der Waals surface area contributed by atoms with Crippen molar-refractivity contribution in [1.82, 2.24) is 5.32 Å². The molecular weight excluding hydrogens is 295 g/mol. The standard InChI is InChI=1S/C13H25N2O5P/c1-4-9(5-2)20-12-7-10(21(17,18)19)6-11(14)13(12)15-8(3)16/h7,9,11-13H,4-6,14H2,1-3H3,(H,15,16)(H2,17,18,19)/t11-,12-,13-/m1/s1. The number of hydrogen-bond acceptors (Lipinski definition) is 4. The lowest BCUT2D eigenvalue weighted by Crippen LogP contribution is -2.56. The van der Waals surface area contributed by atoms with Gasteiger partial charge in [-0.15, -0.1) is 0 Å². The zero-order valence-electron chi connectivity index (χ0n) is 12.7. The van der Waals surface area contributed by atoms with E-state index in [-0.39, 0.29) is 23.7 Å². The van der Waals surface area contributed by atoms with Gasteiger partial charge in [0.25, 0.3) is 0 Å². The molecule has 0 saturated carbocycles. The van der Waals surface area contributed by atoms with E-state index >= 15 is 0 Å². The Bertz CT molecular complexity index is 444. The van der Waals surface area contributed by atoms with Crippen molar-refractivity contribution in [3.8, 4) is 0 Å². The third-order valence-corrected chi connectivity index (χ3v) is 4.70. The lowest BCUT2D eigenvalue weighted by atomic mass is 9.93. The average molecular weight is 320 g/mol. The molecule has 0 aliphatic heterocycles. The van der Waals surface area contributed by atoms with Gasteiger partial charge in [-0.1, -0.05) is 13.8 Å². The number of amides is 1. The maximum absolute atomic E-state index is 11.5. The molecule has 0 fully saturated rings. The molecule has 8 heteroatoms. The van der Waals surface area contributed by atoms with Crippen LogP contribution in [0.2, 0.25) is 0 Å². The fourth-order valence-corrected chi connectivity index (χ4v) is 3.23. The molecule has 1 aliphatic carbocycles. The van der Waals surface area contributed by atoms with Gasteiger partial charge in [0.05, 0.1) is 18.2 Å². The van der Waals surface area contributed by atoms with Crippen molar-refractivity contribution in [2.75, 3.05) is 0 Å². The molecule has 0 aromatic carbocycles. The van der Waals surface area contributed by atoms with Gasteiger partial charge in [0, 0.05) is 18.3 Å². The second-order valence-corrected chi connectivity index (χ2v) is 7.00. The molecule has 3 atom stereocenters. The van der Waals surface area contributed by atoms with Gasteiger partial charge < -0.3 is 25.6 Å². The van der Waals surface area contributed by atoms with Crippen molar-refractivity contribution < 1.29 is 23.9 Å². The monoisotopic (exact) mass is 320 g/mol. The topological polar surface area (TPSA) is 122 Å². The van der Waals surface area contributed by atoms with E-state index in [1.54, 1.807) is 0 Å². The summed E-state index contributed by atoms with van der Waals surface area (Å²) in [6.45, 7) is 5.32. The summed E-state index contributed by atoms with van der Waals surface area (Å²) in [5, 5.41) is 2.70. The lowest BCUT2D eigenvalue weighted by molar-refractivity contribution is -0.121. The third-order valence-electron chi connectivity index (χ3n) is 3.62. The minimum atomic E-state index is -4.35. The Morgan fingerprint density at radius 2 is 2.10 bits per heavy atom. The van der Waals surface area contributed by atoms with Gasteiger partial charge in [-0.25, -0.2) is 0 Å². The van der Waals surface area contributed by atoms with E-state index in [1.165, 1.54) is 13.0 Å². The Kier molecular flexibility index (Phi) is 6.56. The Labute approximate surface area is 125 Å². The highest BCUT2D eigenvalue weighted by molar-refractivity contribution is 7.56. The van der Waals surface area contributed by atoms with Gasteiger partial charge in [-0.3, -0.25) is 9.36 Å². The number of nitrogens with one attached hydrogen (secondary N) is 1.